The van der Waals surface area contributed by atoms with Gasteiger partial charge in [0.05, 0.1) is 19.3 Å². The highest BCUT2D eigenvalue weighted by Gasteiger charge is 2.28. The first-order valence-corrected chi connectivity index (χ1v) is 5.82. The van der Waals surface area contributed by atoms with Gasteiger partial charge in [-0.1, -0.05) is 0 Å². The van der Waals surface area contributed by atoms with E-state index in [1.165, 1.54) is 0 Å². The first-order chi connectivity index (χ1) is 7.72. The summed E-state index contributed by atoms with van der Waals surface area (Å²) in [6.45, 7) is 7.17. The molecule has 1 aliphatic rings. The number of furan rings is 1. The summed E-state index contributed by atoms with van der Waals surface area (Å²) in [5, 5.41) is 0. The van der Waals surface area contributed by atoms with Gasteiger partial charge in [-0.15, -0.1) is 0 Å². The summed E-state index contributed by atoms with van der Waals surface area (Å²) in [6.07, 6.45) is 0. The monoisotopic (exact) mass is 224 g/mol. The maximum Gasteiger partial charge on any atom is 0.122 e. The minimum atomic E-state index is 0.174. The Kier molecular flexibility index (Phi) is 3.63. The zero-order valence-corrected chi connectivity index (χ0v) is 9.98. The molecule has 0 saturated carbocycles. The van der Waals surface area contributed by atoms with Crippen molar-refractivity contribution >= 4 is 0 Å². The molecule has 2 rings (SSSR count). The number of aryl methyl sites for hydroxylation is 1. The second-order valence-electron chi connectivity index (χ2n) is 4.36. The van der Waals surface area contributed by atoms with Crippen LogP contribution in [-0.4, -0.2) is 37.2 Å². The minimum Gasteiger partial charge on any atom is -0.465 e. The van der Waals surface area contributed by atoms with Gasteiger partial charge in [0.2, 0.25) is 0 Å². The Morgan fingerprint density at radius 1 is 1.56 bits per heavy atom. The van der Waals surface area contributed by atoms with Crippen molar-refractivity contribution in [1.29, 1.82) is 0 Å². The SMILES string of the molecule is Cc1ccc(C(CN)N2CCOCC2C)o1. The van der Waals surface area contributed by atoms with Crippen molar-refractivity contribution in [3.63, 3.8) is 0 Å². The molecule has 0 aromatic carbocycles. The van der Waals surface area contributed by atoms with Gasteiger partial charge in [-0.05, 0) is 26.0 Å². The molecule has 1 fully saturated rings. The second-order valence-corrected chi connectivity index (χ2v) is 4.36. The van der Waals surface area contributed by atoms with Gasteiger partial charge in [0, 0.05) is 19.1 Å². The molecule has 0 bridgehead atoms. The number of morpholine rings is 1. The standard InChI is InChI=1S/C12H20N2O2/c1-9-8-15-6-5-14(9)11(7-13)12-4-3-10(2)16-12/h3-4,9,11H,5-8,13H2,1-2H3. The summed E-state index contributed by atoms with van der Waals surface area (Å²) in [6, 6.07) is 4.58. The van der Waals surface area contributed by atoms with Crippen LogP contribution in [0.15, 0.2) is 16.5 Å². The lowest BCUT2D eigenvalue weighted by atomic mass is 10.1. The average Bonchev–Trinajstić information content (AvgIpc) is 2.69. The van der Waals surface area contributed by atoms with Crippen molar-refractivity contribution in [1.82, 2.24) is 4.90 Å². The third-order valence-electron chi connectivity index (χ3n) is 3.13. The van der Waals surface area contributed by atoms with Crippen LogP contribution in [0.4, 0.5) is 0 Å². The van der Waals surface area contributed by atoms with Crippen LogP contribution in [0.25, 0.3) is 0 Å². The first-order valence-electron chi connectivity index (χ1n) is 5.82. The van der Waals surface area contributed by atoms with E-state index in [0.717, 1.165) is 31.3 Å². The summed E-state index contributed by atoms with van der Waals surface area (Å²) in [7, 11) is 0. The van der Waals surface area contributed by atoms with E-state index in [1.54, 1.807) is 0 Å². The van der Waals surface area contributed by atoms with Crippen LogP contribution in [0.3, 0.4) is 0 Å². The van der Waals surface area contributed by atoms with Gasteiger partial charge in [0.1, 0.15) is 11.5 Å². The Morgan fingerprint density at radius 3 is 2.94 bits per heavy atom. The molecule has 2 atom stereocenters. The normalized spacial score (nSPS) is 24.6. The summed E-state index contributed by atoms with van der Waals surface area (Å²) in [4.78, 5) is 2.36. The van der Waals surface area contributed by atoms with E-state index >= 15 is 0 Å². The number of ether oxygens (including phenoxy) is 1. The van der Waals surface area contributed by atoms with E-state index in [9.17, 15) is 0 Å². The smallest absolute Gasteiger partial charge is 0.122 e. The zero-order valence-electron chi connectivity index (χ0n) is 9.98. The number of nitrogens with zero attached hydrogens (tertiary/aromatic N) is 1. The lowest BCUT2D eigenvalue weighted by Gasteiger charge is -2.38. The molecule has 1 aromatic heterocycles. The molecule has 0 radical (unpaired) electrons. The Morgan fingerprint density at radius 2 is 2.38 bits per heavy atom. The predicted molar refractivity (Wildman–Crippen MR) is 62.2 cm³/mol. The van der Waals surface area contributed by atoms with Gasteiger partial charge in [0.15, 0.2) is 0 Å². The zero-order chi connectivity index (χ0) is 11.5. The number of hydrogen-bond donors (Lipinski definition) is 1. The molecule has 4 nitrogen and oxygen atoms in total. The van der Waals surface area contributed by atoms with Gasteiger partial charge in [0.25, 0.3) is 0 Å². The van der Waals surface area contributed by atoms with E-state index in [2.05, 4.69) is 11.8 Å². The fourth-order valence-electron chi connectivity index (χ4n) is 2.25. The first kappa shape index (κ1) is 11.6. The van der Waals surface area contributed by atoms with Gasteiger partial charge in [-0.25, -0.2) is 0 Å². The van der Waals surface area contributed by atoms with Gasteiger partial charge in [-0.3, -0.25) is 4.90 Å². The predicted octanol–water partition coefficient (Wildman–Crippen LogP) is 1.31. The van der Waals surface area contributed by atoms with Gasteiger partial charge < -0.3 is 14.9 Å². The van der Waals surface area contributed by atoms with E-state index in [4.69, 9.17) is 14.9 Å². The van der Waals surface area contributed by atoms with E-state index in [0.29, 0.717) is 12.6 Å². The van der Waals surface area contributed by atoms with Crippen LogP contribution < -0.4 is 5.73 Å². The van der Waals surface area contributed by atoms with Crippen molar-refractivity contribution in [2.24, 2.45) is 5.73 Å². The molecule has 90 valence electrons. The molecule has 0 aliphatic carbocycles. The molecule has 1 aromatic rings. The number of nitrogens with two attached hydrogens (primary N) is 1. The number of hydrogen-bond acceptors (Lipinski definition) is 4. The van der Waals surface area contributed by atoms with Crippen LogP contribution in [0.5, 0.6) is 0 Å². The van der Waals surface area contributed by atoms with Crippen molar-refractivity contribution in [3.05, 3.63) is 23.7 Å². The van der Waals surface area contributed by atoms with E-state index in [1.807, 2.05) is 19.1 Å². The molecule has 2 N–H and O–H groups in total. The summed E-state index contributed by atoms with van der Waals surface area (Å²) < 4.78 is 11.1. The molecule has 2 heterocycles. The molecular weight excluding hydrogens is 204 g/mol. The fraction of sp³-hybridized carbons (Fsp3) is 0.667. The maximum absolute atomic E-state index is 5.86. The minimum absolute atomic E-state index is 0.174. The van der Waals surface area contributed by atoms with Gasteiger partial charge in [-0.2, -0.15) is 0 Å². The third kappa shape index (κ3) is 2.29. The topological polar surface area (TPSA) is 51.6 Å². The van der Waals surface area contributed by atoms with E-state index < -0.39 is 0 Å². The fourth-order valence-corrected chi connectivity index (χ4v) is 2.25. The number of rotatable bonds is 3. The highest BCUT2D eigenvalue weighted by Crippen LogP contribution is 2.25. The molecule has 1 aliphatic heterocycles. The van der Waals surface area contributed by atoms with Crippen LogP contribution in [0, 0.1) is 6.92 Å². The molecule has 4 heteroatoms. The van der Waals surface area contributed by atoms with Crippen molar-refractivity contribution in [2.75, 3.05) is 26.3 Å². The lowest BCUT2D eigenvalue weighted by molar-refractivity contribution is -0.0250. The summed E-state index contributed by atoms with van der Waals surface area (Å²) >= 11 is 0. The Balaban J connectivity index is 2.14. The second kappa shape index (κ2) is 4.99. The third-order valence-corrected chi connectivity index (χ3v) is 3.13. The molecule has 1 saturated heterocycles. The Bertz CT molecular complexity index is 338. The Hall–Kier alpha value is -0.840. The van der Waals surface area contributed by atoms with Crippen LogP contribution in [-0.2, 0) is 4.74 Å². The van der Waals surface area contributed by atoms with Crippen molar-refractivity contribution in [3.8, 4) is 0 Å². The average molecular weight is 224 g/mol. The van der Waals surface area contributed by atoms with E-state index in [-0.39, 0.29) is 6.04 Å². The maximum atomic E-state index is 5.86. The highest BCUT2D eigenvalue weighted by molar-refractivity contribution is 5.11. The van der Waals surface area contributed by atoms with Crippen LogP contribution in [0.2, 0.25) is 0 Å². The molecular formula is C12H20N2O2. The quantitative estimate of drug-likeness (QED) is 0.841. The molecule has 16 heavy (non-hydrogen) atoms. The lowest BCUT2D eigenvalue weighted by Crippen LogP contribution is -2.47. The molecule has 0 amide bonds. The van der Waals surface area contributed by atoms with Crippen LogP contribution >= 0.6 is 0 Å². The largest absolute Gasteiger partial charge is 0.465 e. The van der Waals surface area contributed by atoms with Crippen molar-refractivity contribution in [2.45, 2.75) is 25.9 Å². The Labute approximate surface area is 96.4 Å². The van der Waals surface area contributed by atoms with Gasteiger partial charge >= 0.3 is 0 Å². The molecule has 0 spiro atoms. The summed E-state index contributed by atoms with van der Waals surface area (Å²) in [5.41, 5.74) is 5.86. The van der Waals surface area contributed by atoms with Crippen molar-refractivity contribution < 1.29 is 9.15 Å². The highest BCUT2D eigenvalue weighted by atomic mass is 16.5. The van der Waals surface area contributed by atoms with Crippen LogP contribution in [0.1, 0.15) is 24.5 Å². The summed E-state index contributed by atoms with van der Waals surface area (Å²) in [5.74, 6) is 1.91. The molecule has 2 unspecified atom stereocenters.